The van der Waals surface area contributed by atoms with Gasteiger partial charge in [0.1, 0.15) is 23.5 Å². The third-order valence-electron chi connectivity index (χ3n) is 7.52. The number of carbonyl (C=O) groups excluding carboxylic acids is 1. The molecule has 2 N–H and O–H groups in total. The third kappa shape index (κ3) is 5.85. The van der Waals surface area contributed by atoms with E-state index in [1.165, 1.54) is 6.20 Å². The van der Waals surface area contributed by atoms with Crippen molar-refractivity contribution >= 4 is 23.1 Å². The maximum atomic E-state index is 14.1. The molecule has 6 rings (SSSR count). The van der Waals surface area contributed by atoms with Crippen LogP contribution in [0.4, 0.5) is 23.9 Å². The zero-order valence-corrected chi connectivity index (χ0v) is 23.3. The number of fused-ring (bicyclic) bond motifs is 1. The van der Waals surface area contributed by atoms with Gasteiger partial charge in [0, 0.05) is 49.0 Å². The van der Waals surface area contributed by atoms with E-state index in [9.17, 15) is 18.0 Å². The minimum atomic E-state index is -4.69. The van der Waals surface area contributed by atoms with Gasteiger partial charge in [0.05, 0.1) is 17.6 Å². The molecule has 0 saturated carbocycles. The molecule has 1 aliphatic rings. The van der Waals surface area contributed by atoms with Crippen LogP contribution in [-0.4, -0.2) is 64.6 Å². The van der Waals surface area contributed by atoms with E-state index in [0.717, 1.165) is 11.8 Å². The monoisotopic (exact) mass is 591 g/mol. The molecule has 222 valence electrons. The van der Waals surface area contributed by atoms with E-state index in [2.05, 4.69) is 35.6 Å². The van der Waals surface area contributed by atoms with Crippen LogP contribution >= 0.6 is 0 Å². The predicted octanol–water partition coefficient (Wildman–Crippen LogP) is 5.44. The van der Waals surface area contributed by atoms with Crippen LogP contribution in [0.5, 0.6) is 0 Å². The Balaban J connectivity index is 1.24. The minimum absolute atomic E-state index is 0.0278. The number of hydrogen-bond donors (Lipinski definition) is 2. The van der Waals surface area contributed by atoms with Crippen molar-refractivity contribution in [1.82, 2.24) is 39.8 Å². The fraction of sp³-hybridized carbons (Fsp3) is 0.310. The number of amides is 1. The number of piperidine rings is 1. The smallest absolute Gasteiger partial charge is 0.419 e. The summed E-state index contributed by atoms with van der Waals surface area (Å²) in [6.07, 6.45) is -0.00552. The largest absolute Gasteiger partial charge is 0.445 e. The highest BCUT2D eigenvalue weighted by Crippen LogP contribution is 2.39. The van der Waals surface area contributed by atoms with E-state index in [-0.39, 0.29) is 42.4 Å². The molecule has 43 heavy (non-hydrogen) atoms. The number of benzene rings is 1. The lowest BCUT2D eigenvalue weighted by Gasteiger charge is -2.37. The zero-order valence-electron chi connectivity index (χ0n) is 23.3. The highest BCUT2D eigenvalue weighted by atomic mass is 19.4. The lowest BCUT2D eigenvalue weighted by molar-refractivity contribution is -0.137. The molecule has 0 aliphatic carbocycles. The number of halogens is 3. The van der Waals surface area contributed by atoms with Gasteiger partial charge in [0.15, 0.2) is 0 Å². The Hall–Kier alpha value is -5.01. The predicted molar refractivity (Wildman–Crippen MR) is 152 cm³/mol. The minimum Gasteiger partial charge on any atom is -0.445 e. The average Bonchev–Trinajstić information content (AvgIpc) is 3.62. The summed E-state index contributed by atoms with van der Waals surface area (Å²) in [6.45, 7) is 2.37. The molecule has 5 heterocycles. The number of hydrogen-bond acceptors (Lipinski definition) is 8. The molecule has 14 heteroatoms. The molecule has 11 nitrogen and oxygen atoms in total. The zero-order chi connectivity index (χ0) is 30.1. The Kier molecular flexibility index (Phi) is 7.42. The quantitative estimate of drug-likeness (QED) is 0.268. The van der Waals surface area contributed by atoms with Crippen molar-refractivity contribution in [2.24, 2.45) is 7.05 Å². The fourth-order valence-corrected chi connectivity index (χ4v) is 5.19. The van der Waals surface area contributed by atoms with E-state index in [1.807, 2.05) is 37.3 Å². The number of carbonyl (C=O) groups is 1. The van der Waals surface area contributed by atoms with Crippen molar-refractivity contribution < 1.29 is 22.7 Å². The number of aryl methyl sites for hydroxylation is 1. The van der Waals surface area contributed by atoms with Crippen LogP contribution < -0.4 is 5.32 Å². The van der Waals surface area contributed by atoms with Gasteiger partial charge in [-0.15, -0.1) is 5.10 Å². The van der Waals surface area contributed by atoms with E-state index in [1.54, 1.807) is 35.0 Å². The van der Waals surface area contributed by atoms with Crippen molar-refractivity contribution in [2.75, 3.05) is 11.9 Å². The Morgan fingerprint density at radius 3 is 2.67 bits per heavy atom. The van der Waals surface area contributed by atoms with Crippen LogP contribution in [0, 0.1) is 0 Å². The molecule has 0 spiro atoms. The molecule has 1 aliphatic heterocycles. The maximum Gasteiger partial charge on any atom is 0.419 e. The number of alkyl halides is 3. The van der Waals surface area contributed by atoms with E-state index in [0.29, 0.717) is 35.3 Å². The van der Waals surface area contributed by atoms with Gasteiger partial charge < -0.3 is 19.9 Å². The summed E-state index contributed by atoms with van der Waals surface area (Å²) in [5.74, 6) is 0.0278. The van der Waals surface area contributed by atoms with Gasteiger partial charge in [-0.3, -0.25) is 0 Å². The topological polar surface area (TPSA) is 127 Å². The van der Waals surface area contributed by atoms with Gasteiger partial charge in [-0.1, -0.05) is 35.5 Å². The number of rotatable bonds is 6. The number of likely N-dealkylation sites (tertiary alicyclic amines) is 1. The molecular formula is C29H28F3N9O2. The first-order valence-electron chi connectivity index (χ1n) is 13.7. The number of nitrogens with zero attached hydrogens (tertiary/aromatic N) is 7. The second-order valence-electron chi connectivity index (χ2n) is 10.5. The van der Waals surface area contributed by atoms with E-state index < -0.39 is 17.8 Å². The first-order chi connectivity index (χ1) is 20.7. The van der Waals surface area contributed by atoms with Crippen LogP contribution in [0.15, 0.2) is 61.1 Å². The van der Waals surface area contributed by atoms with Crippen molar-refractivity contribution in [2.45, 2.75) is 44.6 Å². The number of aromatic amines is 1. The van der Waals surface area contributed by atoms with Crippen molar-refractivity contribution in [3.8, 4) is 22.6 Å². The van der Waals surface area contributed by atoms with Gasteiger partial charge in [-0.05, 0) is 37.5 Å². The van der Waals surface area contributed by atoms with Crippen LogP contribution in [0.1, 0.15) is 30.9 Å². The summed E-state index contributed by atoms with van der Waals surface area (Å²) >= 11 is 0. The Morgan fingerprint density at radius 2 is 1.93 bits per heavy atom. The van der Waals surface area contributed by atoms with Gasteiger partial charge in [0.2, 0.25) is 5.95 Å². The lowest BCUT2D eigenvalue weighted by atomic mass is 10.00. The molecule has 5 aromatic rings. The second kappa shape index (κ2) is 11.3. The number of aromatic nitrogens is 7. The standard InChI is InChI=1S/C29H28F3N9O2/c1-17-8-9-19(15-41(17)28(42)43-16-18-6-4-3-5-7-18)36-27-34-13-22(29(30,31)32)25(38-27)21-12-33-26-20(21)10-11-23(37-26)24-14-35-39-40(24)2/h3-7,10-14,17,19H,8-9,15-16H2,1-2H3,(H,33,37)(H,34,36,38)/t17-,19-/m0/s1. The van der Waals surface area contributed by atoms with Gasteiger partial charge in [-0.2, -0.15) is 13.2 Å². The molecule has 1 amide bonds. The molecule has 0 unspecified atom stereocenters. The van der Waals surface area contributed by atoms with Gasteiger partial charge in [-0.25, -0.2) is 24.4 Å². The molecule has 2 atom stereocenters. The van der Waals surface area contributed by atoms with Gasteiger partial charge >= 0.3 is 12.3 Å². The number of H-pyrrole nitrogens is 1. The van der Waals surface area contributed by atoms with Crippen LogP contribution in [0.3, 0.4) is 0 Å². The van der Waals surface area contributed by atoms with Crippen LogP contribution in [0.25, 0.3) is 33.7 Å². The highest BCUT2D eigenvalue weighted by Gasteiger charge is 2.37. The second-order valence-corrected chi connectivity index (χ2v) is 10.5. The summed E-state index contributed by atoms with van der Waals surface area (Å²) in [7, 11) is 1.72. The Labute approximate surface area is 244 Å². The summed E-state index contributed by atoms with van der Waals surface area (Å²) in [5, 5.41) is 11.4. The molecule has 1 aromatic carbocycles. The van der Waals surface area contributed by atoms with Crippen molar-refractivity contribution in [1.29, 1.82) is 0 Å². The molecular weight excluding hydrogens is 563 g/mol. The lowest BCUT2D eigenvalue weighted by Crippen LogP contribution is -2.50. The maximum absolute atomic E-state index is 14.1. The SMILES string of the molecule is C[C@H]1CC[C@H](Nc2ncc(C(F)(F)F)c(-c3c[nH]c4nc(-c5cnnn5C)ccc34)n2)CN1C(=O)OCc1ccccc1. The van der Waals surface area contributed by atoms with Gasteiger partial charge in [0.25, 0.3) is 0 Å². The normalized spacial score (nSPS) is 17.3. The van der Waals surface area contributed by atoms with Crippen molar-refractivity contribution in [3.63, 3.8) is 0 Å². The number of ether oxygens (including phenoxy) is 1. The Morgan fingerprint density at radius 1 is 1.12 bits per heavy atom. The fourth-order valence-electron chi connectivity index (χ4n) is 5.19. The molecule has 0 bridgehead atoms. The first kappa shape index (κ1) is 28.1. The summed E-state index contributed by atoms with van der Waals surface area (Å²) in [4.78, 5) is 30.4. The highest BCUT2D eigenvalue weighted by molar-refractivity contribution is 5.94. The van der Waals surface area contributed by atoms with Crippen LogP contribution in [-0.2, 0) is 24.6 Å². The van der Waals surface area contributed by atoms with Crippen LogP contribution in [0.2, 0.25) is 0 Å². The number of pyridine rings is 1. The third-order valence-corrected chi connectivity index (χ3v) is 7.52. The van der Waals surface area contributed by atoms with E-state index >= 15 is 0 Å². The van der Waals surface area contributed by atoms with E-state index in [4.69, 9.17) is 4.74 Å². The summed E-state index contributed by atoms with van der Waals surface area (Å²) < 4.78 is 49.4. The number of anilines is 1. The summed E-state index contributed by atoms with van der Waals surface area (Å²) in [6, 6.07) is 12.4. The first-order valence-corrected chi connectivity index (χ1v) is 13.7. The molecule has 4 aromatic heterocycles. The Bertz CT molecular complexity index is 1750. The molecule has 0 radical (unpaired) electrons. The van der Waals surface area contributed by atoms with Crippen molar-refractivity contribution in [3.05, 3.63) is 72.2 Å². The molecule has 1 fully saturated rings. The summed E-state index contributed by atoms with van der Waals surface area (Å²) in [5.41, 5.74) is 1.46. The number of nitrogens with one attached hydrogen (secondary N) is 2. The average molecular weight is 592 g/mol. The molecule has 1 saturated heterocycles.